The van der Waals surface area contributed by atoms with Gasteiger partial charge in [-0.2, -0.15) is 0 Å². The number of halogens is 2. The quantitative estimate of drug-likeness (QED) is 0.849. The van der Waals surface area contributed by atoms with E-state index in [1.807, 2.05) is 0 Å². The topological polar surface area (TPSA) is 82.5 Å². The van der Waals surface area contributed by atoms with Gasteiger partial charge in [0.15, 0.2) is 0 Å². The average molecular weight is 366 g/mol. The smallest absolute Gasteiger partial charge is 0.411 e. The van der Waals surface area contributed by atoms with Crippen LogP contribution in [-0.4, -0.2) is 29.1 Å². The van der Waals surface area contributed by atoms with Crippen LogP contribution in [0.4, 0.5) is 10.5 Å². The second-order valence-corrected chi connectivity index (χ2v) is 6.24. The fourth-order valence-electron chi connectivity index (χ4n) is 2.83. The van der Waals surface area contributed by atoms with Crippen LogP contribution in [0.1, 0.15) is 21.7 Å². The monoisotopic (exact) mass is 365 g/mol. The van der Waals surface area contributed by atoms with Gasteiger partial charge in [0, 0.05) is 40.3 Å². The highest BCUT2D eigenvalue weighted by Gasteiger charge is 2.31. The van der Waals surface area contributed by atoms with Crippen LogP contribution in [0.3, 0.4) is 0 Å². The molecule has 0 saturated heterocycles. The number of aryl methyl sites for hydroxylation is 1. The molecule has 2 N–H and O–H groups in total. The molecule has 1 aromatic heterocycles. The Hall–Kier alpha value is -2.31. The number of carbonyl (C=O) groups excluding carboxylic acids is 1. The standard InChI is InChI=1S/C16H13Cl2N3O3/c1-7-14(21(2)16(23)24)12(9-4-3-8(17)5-11(9)18)10-6-19-15(22)13(10)20-7/h3-5H,6H2,1-2H3,(H,19,22)(H,23,24). The van der Waals surface area contributed by atoms with E-state index < -0.39 is 6.09 Å². The van der Waals surface area contributed by atoms with Gasteiger partial charge in [-0.15, -0.1) is 0 Å². The van der Waals surface area contributed by atoms with Crippen LogP contribution in [0.2, 0.25) is 10.0 Å². The summed E-state index contributed by atoms with van der Waals surface area (Å²) in [4.78, 5) is 28.9. The van der Waals surface area contributed by atoms with Gasteiger partial charge in [-0.05, 0) is 19.1 Å². The van der Waals surface area contributed by atoms with E-state index in [0.29, 0.717) is 38.1 Å². The van der Waals surface area contributed by atoms with Crippen molar-refractivity contribution in [3.05, 3.63) is 45.2 Å². The lowest BCUT2D eigenvalue weighted by Gasteiger charge is -2.22. The van der Waals surface area contributed by atoms with Crippen LogP contribution < -0.4 is 10.2 Å². The van der Waals surface area contributed by atoms with Crippen LogP contribution in [0, 0.1) is 6.92 Å². The Labute approximate surface area is 148 Å². The third-order valence-electron chi connectivity index (χ3n) is 3.91. The number of rotatable bonds is 2. The maximum Gasteiger partial charge on any atom is 0.411 e. The van der Waals surface area contributed by atoms with Crippen molar-refractivity contribution in [1.82, 2.24) is 10.3 Å². The van der Waals surface area contributed by atoms with Crippen molar-refractivity contribution in [2.24, 2.45) is 0 Å². The Morgan fingerprint density at radius 1 is 1.38 bits per heavy atom. The number of aromatic nitrogens is 1. The number of hydrogen-bond donors (Lipinski definition) is 2. The van der Waals surface area contributed by atoms with Gasteiger partial charge in [0.2, 0.25) is 0 Å². The first-order valence-electron chi connectivity index (χ1n) is 7.05. The Balaban J connectivity index is 2.39. The molecule has 0 aliphatic carbocycles. The van der Waals surface area contributed by atoms with Crippen molar-refractivity contribution >= 4 is 40.9 Å². The zero-order valence-corrected chi connectivity index (χ0v) is 14.4. The lowest BCUT2D eigenvalue weighted by molar-refractivity contribution is 0.0961. The minimum atomic E-state index is -1.14. The highest BCUT2D eigenvalue weighted by molar-refractivity contribution is 6.36. The largest absolute Gasteiger partial charge is 0.465 e. The van der Waals surface area contributed by atoms with Crippen LogP contribution in [0.15, 0.2) is 18.2 Å². The van der Waals surface area contributed by atoms with Crippen LogP contribution in [0.25, 0.3) is 11.1 Å². The molecule has 0 radical (unpaired) electrons. The number of hydrogen-bond acceptors (Lipinski definition) is 3. The summed E-state index contributed by atoms with van der Waals surface area (Å²) < 4.78 is 0. The minimum Gasteiger partial charge on any atom is -0.465 e. The first-order chi connectivity index (χ1) is 11.3. The fourth-order valence-corrected chi connectivity index (χ4v) is 3.33. The van der Waals surface area contributed by atoms with E-state index in [1.165, 1.54) is 7.05 Å². The molecule has 24 heavy (non-hydrogen) atoms. The lowest BCUT2D eigenvalue weighted by atomic mass is 9.96. The van der Waals surface area contributed by atoms with Gasteiger partial charge in [0.1, 0.15) is 5.69 Å². The normalized spacial score (nSPS) is 12.8. The Morgan fingerprint density at radius 2 is 2.08 bits per heavy atom. The van der Waals surface area contributed by atoms with E-state index in [2.05, 4.69) is 10.3 Å². The number of nitrogens with zero attached hydrogens (tertiary/aromatic N) is 2. The number of carbonyl (C=O) groups is 2. The number of anilines is 1. The molecule has 1 aliphatic heterocycles. The molecule has 0 atom stereocenters. The summed E-state index contributed by atoms with van der Waals surface area (Å²) in [5.74, 6) is -0.288. The second-order valence-electron chi connectivity index (χ2n) is 5.40. The van der Waals surface area contributed by atoms with E-state index in [9.17, 15) is 14.7 Å². The number of fused-ring (bicyclic) bond motifs is 1. The van der Waals surface area contributed by atoms with Gasteiger partial charge < -0.3 is 10.4 Å². The first-order valence-corrected chi connectivity index (χ1v) is 7.80. The zero-order chi connectivity index (χ0) is 17.6. The minimum absolute atomic E-state index is 0.260. The number of pyridine rings is 1. The molecule has 6 nitrogen and oxygen atoms in total. The summed E-state index contributed by atoms with van der Waals surface area (Å²) in [7, 11) is 1.43. The molecule has 0 unspecified atom stereocenters. The van der Waals surface area contributed by atoms with Gasteiger partial charge in [-0.1, -0.05) is 29.3 Å². The van der Waals surface area contributed by atoms with Crippen molar-refractivity contribution in [3.63, 3.8) is 0 Å². The molecule has 1 aliphatic rings. The molecule has 2 amide bonds. The van der Waals surface area contributed by atoms with Crippen molar-refractivity contribution in [1.29, 1.82) is 0 Å². The van der Waals surface area contributed by atoms with Gasteiger partial charge >= 0.3 is 6.09 Å². The van der Waals surface area contributed by atoms with Crippen molar-refractivity contribution in [2.45, 2.75) is 13.5 Å². The molecule has 124 valence electrons. The molecular weight excluding hydrogens is 353 g/mol. The predicted molar refractivity (Wildman–Crippen MR) is 92.0 cm³/mol. The van der Waals surface area contributed by atoms with Gasteiger partial charge in [0.25, 0.3) is 5.91 Å². The summed E-state index contributed by atoms with van der Waals surface area (Å²) >= 11 is 12.3. The predicted octanol–water partition coefficient (Wildman–Crippen LogP) is 3.72. The maximum atomic E-state index is 12.0. The number of nitrogens with one attached hydrogen (secondary N) is 1. The van der Waals surface area contributed by atoms with E-state index in [4.69, 9.17) is 23.2 Å². The number of benzene rings is 1. The molecule has 8 heteroatoms. The van der Waals surface area contributed by atoms with E-state index in [0.717, 1.165) is 4.90 Å². The number of carboxylic acid groups (broad SMARTS) is 1. The molecule has 2 heterocycles. The van der Waals surface area contributed by atoms with E-state index in [-0.39, 0.29) is 18.1 Å². The zero-order valence-electron chi connectivity index (χ0n) is 12.9. The third-order valence-corrected chi connectivity index (χ3v) is 4.46. The van der Waals surface area contributed by atoms with Gasteiger partial charge in [-0.3, -0.25) is 9.69 Å². The summed E-state index contributed by atoms with van der Waals surface area (Å²) in [5, 5.41) is 13.0. The first kappa shape index (κ1) is 16.5. The highest BCUT2D eigenvalue weighted by atomic mass is 35.5. The van der Waals surface area contributed by atoms with Crippen molar-refractivity contribution in [2.75, 3.05) is 11.9 Å². The number of amides is 2. The molecule has 0 spiro atoms. The Morgan fingerprint density at radius 3 is 2.71 bits per heavy atom. The van der Waals surface area contributed by atoms with Gasteiger partial charge in [0.05, 0.1) is 11.4 Å². The molecule has 1 aromatic carbocycles. The van der Waals surface area contributed by atoms with Crippen molar-refractivity contribution < 1.29 is 14.7 Å². The highest BCUT2D eigenvalue weighted by Crippen LogP contribution is 2.42. The third kappa shape index (κ3) is 2.57. The van der Waals surface area contributed by atoms with E-state index in [1.54, 1.807) is 25.1 Å². The summed E-state index contributed by atoms with van der Waals surface area (Å²) in [6, 6.07) is 4.96. The molecule has 0 bridgehead atoms. The molecular formula is C16H13Cl2N3O3. The van der Waals surface area contributed by atoms with Crippen LogP contribution >= 0.6 is 23.2 Å². The Bertz CT molecular complexity index is 883. The Kier molecular flexibility index (Phi) is 4.11. The van der Waals surface area contributed by atoms with Crippen LogP contribution in [0.5, 0.6) is 0 Å². The summed E-state index contributed by atoms with van der Waals surface area (Å²) in [6.07, 6.45) is -1.14. The summed E-state index contributed by atoms with van der Waals surface area (Å²) in [6.45, 7) is 1.92. The molecule has 3 rings (SSSR count). The molecule has 0 fully saturated rings. The molecule has 2 aromatic rings. The fraction of sp³-hybridized carbons (Fsp3) is 0.188. The van der Waals surface area contributed by atoms with Crippen LogP contribution in [-0.2, 0) is 6.54 Å². The van der Waals surface area contributed by atoms with Gasteiger partial charge in [-0.25, -0.2) is 9.78 Å². The van der Waals surface area contributed by atoms with Crippen molar-refractivity contribution in [3.8, 4) is 11.1 Å². The second kappa shape index (κ2) is 5.96. The van der Waals surface area contributed by atoms with E-state index >= 15 is 0 Å². The lowest BCUT2D eigenvalue weighted by Crippen LogP contribution is -2.26. The summed E-state index contributed by atoms with van der Waals surface area (Å²) in [5.41, 5.74) is 2.90. The SMILES string of the molecule is Cc1nc2c(c(-c3ccc(Cl)cc3Cl)c1N(C)C(=O)O)CNC2=O. The molecule has 0 saturated carbocycles. The maximum absolute atomic E-state index is 12.0. The average Bonchev–Trinajstić information content (AvgIpc) is 2.87.